The van der Waals surface area contributed by atoms with Crippen LogP contribution in [0.15, 0.2) is 48.8 Å². The van der Waals surface area contributed by atoms with Gasteiger partial charge in [0.05, 0.1) is 35.5 Å². The third-order valence-electron chi connectivity index (χ3n) is 8.08. The molecule has 2 amide bonds. The minimum absolute atomic E-state index is 0.0151. The lowest BCUT2D eigenvalue weighted by molar-refractivity contribution is -0.124. The van der Waals surface area contributed by atoms with Crippen LogP contribution in [-0.2, 0) is 33.0 Å². The first-order valence-corrected chi connectivity index (χ1v) is 15.3. The standard InChI is InChI=1S/C32H37ClN6O5/c1-21(40)35-18-24-20-39(38-37-24)14-4-2-3-6-30(41)34-13-15-44-32(11-5-12-32)23-9-7-22(8-10-23)25-16-26-27(31(42)43)19-36-29(26)17-28(25)33/h7-10,16-17,19-20,36H,2-6,11-15,18H2,1H3,(H,34,41)(H,35,40)(H,42,43). The number of fused-ring (bicyclic) bond motifs is 1. The Bertz CT molecular complexity index is 1630. The Hall–Kier alpha value is -4.22. The molecule has 0 spiro atoms. The molecule has 0 aliphatic heterocycles. The van der Waals surface area contributed by atoms with Crippen LogP contribution in [0.3, 0.4) is 0 Å². The van der Waals surface area contributed by atoms with E-state index in [1.807, 2.05) is 36.5 Å². The zero-order valence-electron chi connectivity index (χ0n) is 24.7. The fourth-order valence-electron chi connectivity index (χ4n) is 5.51. The number of unbranched alkanes of at least 4 members (excludes halogenated alkanes) is 2. The van der Waals surface area contributed by atoms with Crippen molar-refractivity contribution in [3.05, 3.63) is 70.6 Å². The highest BCUT2D eigenvalue weighted by atomic mass is 35.5. The predicted molar refractivity (Wildman–Crippen MR) is 166 cm³/mol. The highest BCUT2D eigenvalue weighted by molar-refractivity contribution is 6.34. The second kappa shape index (κ2) is 14.0. The van der Waals surface area contributed by atoms with Crippen LogP contribution in [-0.4, -0.2) is 56.0 Å². The van der Waals surface area contributed by atoms with Gasteiger partial charge < -0.3 is 25.5 Å². The molecule has 1 saturated carbocycles. The van der Waals surface area contributed by atoms with E-state index < -0.39 is 5.97 Å². The summed E-state index contributed by atoms with van der Waals surface area (Å²) in [5, 5.41) is 24.4. The molecule has 2 aromatic carbocycles. The third kappa shape index (κ3) is 7.46. The molecule has 1 aliphatic carbocycles. The number of carbonyl (C=O) groups excluding carboxylic acids is 2. The number of aryl methyl sites for hydroxylation is 1. The maximum Gasteiger partial charge on any atom is 0.337 e. The molecule has 0 bridgehead atoms. The minimum atomic E-state index is -0.990. The molecule has 0 atom stereocenters. The Labute approximate surface area is 260 Å². The number of aromatic carboxylic acids is 1. The average Bonchev–Trinajstić information content (AvgIpc) is 3.61. The number of carbonyl (C=O) groups is 3. The number of hydrogen-bond acceptors (Lipinski definition) is 6. The topological polar surface area (TPSA) is 151 Å². The zero-order valence-corrected chi connectivity index (χ0v) is 25.5. The molecule has 4 N–H and O–H groups in total. The number of carboxylic acid groups (broad SMARTS) is 1. The van der Waals surface area contributed by atoms with E-state index in [-0.39, 0.29) is 23.0 Å². The number of rotatable bonds is 15. The lowest BCUT2D eigenvalue weighted by atomic mass is 9.74. The molecule has 4 aromatic rings. The maximum absolute atomic E-state index is 12.3. The number of nitrogens with zero attached hydrogens (tertiary/aromatic N) is 3. The second-order valence-electron chi connectivity index (χ2n) is 11.2. The normalized spacial score (nSPS) is 13.9. The smallest absolute Gasteiger partial charge is 0.337 e. The van der Waals surface area contributed by atoms with Crippen LogP contribution >= 0.6 is 11.6 Å². The van der Waals surface area contributed by atoms with Gasteiger partial charge in [-0.1, -0.05) is 47.5 Å². The largest absolute Gasteiger partial charge is 0.478 e. The molecule has 2 heterocycles. The number of amides is 2. The van der Waals surface area contributed by atoms with Crippen molar-refractivity contribution < 1.29 is 24.2 Å². The highest BCUT2D eigenvalue weighted by Crippen LogP contribution is 2.45. The SMILES string of the molecule is CC(=O)NCc1cn(CCCCCC(=O)NCCOC2(c3ccc(-c4cc5c(C(=O)O)c[nH]c5cc4Cl)cc3)CCC2)nn1. The van der Waals surface area contributed by atoms with Crippen molar-refractivity contribution in [3.63, 3.8) is 0 Å². The van der Waals surface area contributed by atoms with Crippen LogP contribution in [0.4, 0.5) is 0 Å². The Morgan fingerprint density at radius 3 is 2.61 bits per heavy atom. The van der Waals surface area contributed by atoms with E-state index in [0.29, 0.717) is 48.6 Å². The monoisotopic (exact) mass is 620 g/mol. The van der Waals surface area contributed by atoms with Gasteiger partial charge >= 0.3 is 5.97 Å². The van der Waals surface area contributed by atoms with E-state index in [2.05, 4.69) is 25.9 Å². The van der Waals surface area contributed by atoms with Crippen LogP contribution in [0.2, 0.25) is 5.02 Å². The van der Waals surface area contributed by atoms with Gasteiger partial charge in [0.1, 0.15) is 5.69 Å². The van der Waals surface area contributed by atoms with Gasteiger partial charge in [-0.25, -0.2) is 4.79 Å². The summed E-state index contributed by atoms with van der Waals surface area (Å²) < 4.78 is 8.09. The summed E-state index contributed by atoms with van der Waals surface area (Å²) >= 11 is 6.55. The van der Waals surface area contributed by atoms with Gasteiger partial charge in [-0.15, -0.1) is 5.10 Å². The van der Waals surface area contributed by atoms with E-state index >= 15 is 0 Å². The summed E-state index contributed by atoms with van der Waals surface area (Å²) in [6.45, 7) is 3.42. The maximum atomic E-state index is 12.3. The molecule has 1 aliphatic rings. The van der Waals surface area contributed by atoms with E-state index in [9.17, 15) is 19.5 Å². The number of nitrogens with one attached hydrogen (secondary N) is 3. The lowest BCUT2D eigenvalue weighted by Crippen LogP contribution is -2.39. The van der Waals surface area contributed by atoms with Crippen LogP contribution in [0, 0.1) is 0 Å². The van der Waals surface area contributed by atoms with Gasteiger partial charge in [0.25, 0.3) is 0 Å². The molecular formula is C32H37ClN6O5. The van der Waals surface area contributed by atoms with E-state index in [1.54, 1.807) is 10.7 Å². The molecule has 12 heteroatoms. The van der Waals surface area contributed by atoms with Crippen LogP contribution in [0.1, 0.15) is 73.5 Å². The minimum Gasteiger partial charge on any atom is -0.478 e. The van der Waals surface area contributed by atoms with Crippen LogP contribution < -0.4 is 10.6 Å². The van der Waals surface area contributed by atoms with Crippen molar-refractivity contribution >= 4 is 40.3 Å². The quantitative estimate of drug-likeness (QED) is 0.134. The Balaban J connectivity index is 1.04. The highest BCUT2D eigenvalue weighted by Gasteiger charge is 2.39. The molecule has 44 heavy (non-hydrogen) atoms. The molecule has 2 aromatic heterocycles. The number of hydrogen-bond donors (Lipinski definition) is 4. The van der Waals surface area contributed by atoms with Crippen LogP contribution in [0.25, 0.3) is 22.0 Å². The average molecular weight is 621 g/mol. The fraction of sp³-hybridized carbons (Fsp3) is 0.406. The molecule has 5 rings (SSSR count). The number of halogens is 1. The number of H-pyrrole nitrogens is 1. The summed E-state index contributed by atoms with van der Waals surface area (Å²) in [7, 11) is 0. The van der Waals surface area contributed by atoms with Gasteiger partial charge in [-0.3, -0.25) is 14.3 Å². The van der Waals surface area contributed by atoms with Crippen molar-refractivity contribution in [2.75, 3.05) is 13.2 Å². The summed E-state index contributed by atoms with van der Waals surface area (Å²) in [4.78, 5) is 37.9. The summed E-state index contributed by atoms with van der Waals surface area (Å²) in [5.74, 6) is -1.08. The Kier molecular flexibility index (Phi) is 9.96. The van der Waals surface area contributed by atoms with Crippen molar-refractivity contribution in [2.24, 2.45) is 0 Å². The lowest BCUT2D eigenvalue weighted by Gasteiger charge is -2.42. The first kappa shape index (κ1) is 31.2. The molecule has 0 unspecified atom stereocenters. The van der Waals surface area contributed by atoms with Gasteiger partial charge in [0.2, 0.25) is 11.8 Å². The van der Waals surface area contributed by atoms with Gasteiger partial charge in [-0.05, 0) is 55.4 Å². The fourth-order valence-corrected chi connectivity index (χ4v) is 5.79. The molecular weight excluding hydrogens is 584 g/mol. The second-order valence-corrected chi connectivity index (χ2v) is 11.6. The first-order chi connectivity index (χ1) is 21.2. The number of aromatic amines is 1. The summed E-state index contributed by atoms with van der Waals surface area (Å²) in [6.07, 6.45) is 9.24. The Morgan fingerprint density at radius 2 is 1.91 bits per heavy atom. The predicted octanol–water partition coefficient (Wildman–Crippen LogP) is 5.19. The zero-order chi connectivity index (χ0) is 31.1. The van der Waals surface area contributed by atoms with Crippen molar-refractivity contribution in [2.45, 2.75) is 70.6 Å². The van der Waals surface area contributed by atoms with Crippen molar-refractivity contribution in [1.29, 1.82) is 0 Å². The van der Waals surface area contributed by atoms with Crippen molar-refractivity contribution in [3.8, 4) is 11.1 Å². The molecule has 11 nitrogen and oxygen atoms in total. The molecule has 0 radical (unpaired) electrons. The molecule has 232 valence electrons. The van der Waals surface area contributed by atoms with Gasteiger partial charge in [0.15, 0.2) is 0 Å². The van der Waals surface area contributed by atoms with Gasteiger partial charge in [-0.2, -0.15) is 0 Å². The Morgan fingerprint density at radius 1 is 1.11 bits per heavy atom. The van der Waals surface area contributed by atoms with Gasteiger partial charge in [0, 0.05) is 49.1 Å². The number of ether oxygens (including phenoxy) is 1. The van der Waals surface area contributed by atoms with E-state index in [1.165, 1.54) is 13.1 Å². The van der Waals surface area contributed by atoms with Crippen LogP contribution in [0.5, 0.6) is 0 Å². The summed E-state index contributed by atoms with van der Waals surface area (Å²) in [6, 6.07) is 11.7. The first-order valence-electron chi connectivity index (χ1n) is 14.9. The number of carboxylic acids is 1. The number of aromatic nitrogens is 4. The molecule has 1 fully saturated rings. The molecule has 0 saturated heterocycles. The third-order valence-corrected chi connectivity index (χ3v) is 8.39. The van der Waals surface area contributed by atoms with E-state index in [4.69, 9.17) is 16.3 Å². The summed E-state index contributed by atoms with van der Waals surface area (Å²) in [5.41, 5.74) is 3.99. The number of benzene rings is 2. The van der Waals surface area contributed by atoms with E-state index in [0.717, 1.165) is 60.9 Å². The van der Waals surface area contributed by atoms with Crippen molar-refractivity contribution in [1.82, 2.24) is 30.6 Å².